The Morgan fingerprint density at radius 2 is 2.10 bits per heavy atom. The van der Waals surface area contributed by atoms with Crippen LogP contribution in [0.1, 0.15) is 17.3 Å². The van der Waals surface area contributed by atoms with Crippen LogP contribution < -0.4 is 4.74 Å². The summed E-state index contributed by atoms with van der Waals surface area (Å²) in [5.74, 6) is -0.754. The van der Waals surface area contributed by atoms with Gasteiger partial charge in [-0.1, -0.05) is 13.0 Å². The van der Waals surface area contributed by atoms with E-state index in [2.05, 4.69) is 0 Å². The molecule has 0 fully saturated rings. The second-order valence-corrected chi connectivity index (χ2v) is 4.17. The monoisotopic (exact) mass is 291 g/mol. The van der Waals surface area contributed by atoms with E-state index in [-0.39, 0.29) is 25.3 Å². The van der Waals surface area contributed by atoms with E-state index in [0.29, 0.717) is 5.75 Å². The van der Waals surface area contributed by atoms with Crippen LogP contribution in [0.4, 0.5) is 13.2 Å². The van der Waals surface area contributed by atoms with Crippen LogP contribution in [-0.4, -0.2) is 48.4 Å². The lowest BCUT2D eigenvalue weighted by Crippen LogP contribution is -2.36. The zero-order chi connectivity index (χ0) is 15.2. The lowest BCUT2D eigenvalue weighted by atomic mass is 10.2. The quantitative estimate of drug-likeness (QED) is 0.839. The van der Waals surface area contributed by atoms with E-state index in [1.165, 1.54) is 23.1 Å². The van der Waals surface area contributed by atoms with Crippen molar-refractivity contribution < 1.29 is 27.8 Å². The van der Waals surface area contributed by atoms with Crippen molar-refractivity contribution in [3.8, 4) is 5.75 Å². The molecule has 0 aromatic heterocycles. The molecular formula is C13H16F3NO3. The van der Waals surface area contributed by atoms with Crippen molar-refractivity contribution >= 4 is 5.97 Å². The number of likely N-dealkylation sites (N-methyl/N-ethyl adjacent to an activating group) is 1. The van der Waals surface area contributed by atoms with Gasteiger partial charge in [-0.15, -0.1) is 0 Å². The highest BCUT2D eigenvalue weighted by atomic mass is 19.4. The van der Waals surface area contributed by atoms with Gasteiger partial charge in [0, 0.05) is 6.54 Å². The molecule has 4 nitrogen and oxygen atoms in total. The number of hydrogen-bond acceptors (Lipinski definition) is 3. The Bertz CT molecular complexity index is 449. The number of carbonyl (C=O) groups is 1. The molecule has 0 radical (unpaired) electrons. The van der Waals surface area contributed by atoms with Gasteiger partial charge in [0.2, 0.25) is 0 Å². The molecule has 0 atom stereocenters. The third-order valence-electron chi connectivity index (χ3n) is 2.61. The average Bonchev–Trinajstić information content (AvgIpc) is 2.36. The highest BCUT2D eigenvalue weighted by Gasteiger charge is 2.29. The lowest BCUT2D eigenvalue weighted by Gasteiger charge is -2.21. The van der Waals surface area contributed by atoms with Crippen LogP contribution in [0.3, 0.4) is 0 Å². The first-order chi connectivity index (χ1) is 9.31. The topological polar surface area (TPSA) is 49.8 Å². The van der Waals surface area contributed by atoms with Gasteiger partial charge in [0.1, 0.15) is 12.4 Å². The van der Waals surface area contributed by atoms with Crippen molar-refractivity contribution in [1.29, 1.82) is 0 Å². The molecule has 112 valence electrons. The van der Waals surface area contributed by atoms with Crippen LogP contribution in [0.15, 0.2) is 24.3 Å². The zero-order valence-corrected chi connectivity index (χ0v) is 11.0. The van der Waals surface area contributed by atoms with Crippen LogP contribution >= 0.6 is 0 Å². The molecule has 0 aliphatic rings. The molecule has 0 amide bonds. The summed E-state index contributed by atoms with van der Waals surface area (Å²) in [5.41, 5.74) is 0.0742. The molecule has 1 aromatic carbocycles. The Hall–Kier alpha value is -1.76. The van der Waals surface area contributed by atoms with Gasteiger partial charge in [0.15, 0.2) is 0 Å². The van der Waals surface area contributed by atoms with Gasteiger partial charge in [0.25, 0.3) is 0 Å². The van der Waals surface area contributed by atoms with Gasteiger partial charge in [-0.3, -0.25) is 4.90 Å². The first kappa shape index (κ1) is 16.3. The van der Waals surface area contributed by atoms with E-state index in [9.17, 15) is 18.0 Å². The van der Waals surface area contributed by atoms with Gasteiger partial charge in [0.05, 0.1) is 12.1 Å². The summed E-state index contributed by atoms with van der Waals surface area (Å²) in [4.78, 5) is 12.0. The minimum Gasteiger partial charge on any atom is -0.492 e. The summed E-state index contributed by atoms with van der Waals surface area (Å²) < 4.78 is 42.0. The molecule has 0 unspecified atom stereocenters. The molecule has 20 heavy (non-hydrogen) atoms. The Morgan fingerprint density at radius 3 is 2.65 bits per heavy atom. The minimum atomic E-state index is -4.24. The number of halogens is 3. The molecule has 1 N–H and O–H groups in total. The fraction of sp³-hybridized carbons (Fsp3) is 0.462. The fourth-order valence-corrected chi connectivity index (χ4v) is 1.61. The number of alkyl halides is 3. The van der Waals surface area contributed by atoms with Crippen LogP contribution in [0.5, 0.6) is 5.75 Å². The van der Waals surface area contributed by atoms with Crippen LogP contribution in [-0.2, 0) is 0 Å². The summed E-state index contributed by atoms with van der Waals surface area (Å²) in [6, 6.07) is 5.83. The SMILES string of the molecule is CCN(CCOc1cccc(C(=O)O)c1)CC(F)(F)F. The Labute approximate surface area is 114 Å². The number of rotatable bonds is 7. The third kappa shape index (κ3) is 5.92. The highest BCUT2D eigenvalue weighted by Crippen LogP contribution is 2.17. The predicted molar refractivity (Wildman–Crippen MR) is 67.1 cm³/mol. The number of nitrogens with zero attached hydrogens (tertiary/aromatic N) is 1. The molecule has 0 aliphatic carbocycles. The number of aromatic carboxylic acids is 1. The van der Waals surface area contributed by atoms with E-state index >= 15 is 0 Å². The summed E-state index contributed by atoms with van der Waals surface area (Å²) in [6.45, 7) is 1.09. The van der Waals surface area contributed by atoms with Crippen LogP contribution in [0.2, 0.25) is 0 Å². The number of carboxylic acid groups (broad SMARTS) is 1. The minimum absolute atomic E-state index is 0.0625. The van der Waals surface area contributed by atoms with Gasteiger partial charge >= 0.3 is 12.1 Å². The first-order valence-corrected chi connectivity index (χ1v) is 6.07. The van der Waals surface area contributed by atoms with Gasteiger partial charge < -0.3 is 9.84 Å². The van der Waals surface area contributed by atoms with E-state index in [1.807, 2.05) is 0 Å². The maximum Gasteiger partial charge on any atom is 0.401 e. The molecule has 0 saturated heterocycles. The molecule has 0 bridgehead atoms. The van der Waals surface area contributed by atoms with Crippen molar-refractivity contribution in [2.45, 2.75) is 13.1 Å². The second kappa shape index (κ2) is 7.14. The van der Waals surface area contributed by atoms with Crippen molar-refractivity contribution in [3.63, 3.8) is 0 Å². The highest BCUT2D eigenvalue weighted by molar-refractivity contribution is 5.87. The molecule has 1 aromatic rings. The van der Waals surface area contributed by atoms with Crippen LogP contribution in [0.25, 0.3) is 0 Å². The van der Waals surface area contributed by atoms with Gasteiger partial charge in [-0.05, 0) is 24.7 Å². The molecule has 0 spiro atoms. The molecule has 0 aliphatic heterocycles. The zero-order valence-electron chi connectivity index (χ0n) is 11.0. The number of ether oxygens (including phenoxy) is 1. The van der Waals surface area contributed by atoms with E-state index in [0.717, 1.165) is 0 Å². The Morgan fingerprint density at radius 1 is 1.40 bits per heavy atom. The molecule has 0 saturated carbocycles. The molecular weight excluding hydrogens is 275 g/mol. The summed E-state index contributed by atoms with van der Waals surface area (Å²) in [7, 11) is 0. The Balaban J connectivity index is 2.47. The van der Waals surface area contributed by atoms with Crippen molar-refractivity contribution in [2.24, 2.45) is 0 Å². The largest absolute Gasteiger partial charge is 0.492 e. The fourth-order valence-electron chi connectivity index (χ4n) is 1.61. The molecule has 0 heterocycles. The molecule has 1 rings (SSSR count). The van der Waals surface area contributed by atoms with Crippen LogP contribution in [0, 0.1) is 0 Å². The predicted octanol–water partition coefficient (Wildman–Crippen LogP) is 2.65. The van der Waals surface area contributed by atoms with Gasteiger partial charge in [-0.2, -0.15) is 13.2 Å². The number of hydrogen-bond donors (Lipinski definition) is 1. The Kier molecular flexibility index (Phi) is 5.82. The number of benzene rings is 1. The van der Waals surface area contributed by atoms with Crippen molar-refractivity contribution in [3.05, 3.63) is 29.8 Å². The average molecular weight is 291 g/mol. The molecule has 7 heteroatoms. The maximum atomic E-state index is 12.2. The summed E-state index contributed by atoms with van der Waals surface area (Å²) >= 11 is 0. The standard InChI is InChI=1S/C13H16F3NO3/c1-2-17(9-13(14,15)16)6-7-20-11-5-3-4-10(8-11)12(18)19/h3-5,8H,2,6-7,9H2,1H3,(H,18,19). The van der Waals surface area contributed by atoms with E-state index in [1.54, 1.807) is 13.0 Å². The van der Waals surface area contributed by atoms with E-state index in [4.69, 9.17) is 9.84 Å². The second-order valence-electron chi connectivity index (χ2n) is 4.17. The first-order valence-electron chi connectivity index (χ1n) is 6.07. The summed E-state index contributed by atoms with van der Waals surface area (Å²) in [5, 5.41) is 8.80. The number of carboxylic acids is 1. The van der Waals surface area contributed by atoms with Crippen molar-refractivity contribution in [1.82, 2.24) is 4.90 Å². The lowest BCUT2D eigenvalue weighted by molar-refractivity contribution is -0.146. The third-order valence-corrected chi connectivity index (χ3v) is 2.61. The summed E-state index contributed by atoms with van der Waals surface area (Å²) in [6.07, 6.45) is -4.24. The smallest absolute Gasteiger partial charge is 0.401 e. The van der Waals surface area contributed by atoms with Gasteiger partial charge in [-0.25, -0.2) is 4.79 Å². The van der Waals surface area contributed by atoms with E-state index < -0.39 is 18.7 Å². The van der Waals surface area contributed by atoms with Crippen molar-refractivity contribution in [2.75, 3.05) is 26.2 Å². The maximum absolute atomic E-state index is 12.2. The normalized spacial score (nSPS) is 11.7.